The maximum absolute atomic E-state index is 6.37. The second-order valence-electron chi connectivity index (χ2n) is 6.77. The highest BCUT2D eigenvalue weighted by Gasteiger charge is 2.20. The average Bonchev–Trinajstić information content (AvgIpc) is 2.06. The van der Waals surface area contributed by atoms with Gasteiger partial charge in [0.1, 0.15) is 0 Å². The number of hydrogen-bond acceptors (Lipinski definition) is 1. The Labute approximate surface area is 111 Å². The summed E-state index contributed by atoms with van der Waals surface area (Å²) in [6, 6.07) is 4.24. The molecule has 1 N–H and O–H groups in total. The van der Waals surface area contributed by atoms with Gasteiger partial charge in [-0.1, -0.05) is 38.4 Å². The van der Waals surface area contributed by atoms with E-state index in [1.807, 2.05) is 6.07 Å². The molecule has 0 spiro atoms. The molecule has 2 heteroatoms. The lowest BCUT2D eigenvalue weighted by atomic mass is 9.85. The molecule has 0 bridgehead atoms. The van der Waals surface area contributed by atoms with Crippen molar-refractivity contribution in [3.05, 3.63) is 28.3 Å². The van der Waals surface area contributed by atoms with Gasteiger partial charge in [0.2, 0.25) is 0 Å². The largest absolute Gasteiger partial charge is 0.380 e. The van der Waals surface area contributed by atoms with E-state index in [2.05, 4.69) is 59.8 Å². The topological polar surface area (TPSA) is 12.0 Å². The highest BCUT2D eigenvalue weighted by molar-refractivity contribution is 6.31. The Morgan fingerprint density at radius 2 is 1.53 bits per heavy atom. The fourth-order valence-electron chi connectivity index (χ4n) is 1.79. The second kappa shape index (κ2) is 4.53. The van der Waals surface area contributed by atoms with Crippen LogP contribution in [-0.2, 0) is 5.41 Å². The van der Waals surface area contributed by atoms with Crippen molar-refractivity contribution in [1.29, 1.82) is 0 Å². The molecular formula is C15H24ClN. The fraction of sp³-hybridized carbons (Fsp3) is 0.600. The summed E-state index contributed by atoms with van der Waals surface area (Å²) in [6.45, 7) is 15.1. The molecule has 0 atom stereocenters. The second-order valence-corrected chi connectivity index (χ2v) is 7.18. The van der Waals surface area contributed by atoms with Gasteiger partial charge in [0.15, 0.2) is 0 Å². The minimum Gasteiger partial charge on any atom is -0.380 e. The van der Waals surface area contributed by atoms with Crippen LogP contribution in [0.2, 0.25) is 5.02 Å². The van der Waals surface area contributed by atoms with Gasteiger partial charge in [0.05, 0.1) is 0 Å². The molecule has 0 aliphatic rings. The van der Waals surface area contributed by atoms with Gasteiger partial charge >= 0.3 is 0 Å². The molecule has 1 nitrogen and oxygen atoms in total. The third-order valence-corrected chi connectivity index (χ3v) is 2.94. The van der Waals surface area contributed by atoms with E-state index in [1.165, 1.54) is 11.1 Å². The smallest absolute Gasteiger partial charge is 0.0464 e. The van der Waals surface area contributed by atoms with Gasteiger partial charge in [-0.25, -0.2) is 0 Å². The molecule has 0 amide bonds. The van der Waals surface area contributed by atoms with Crippen molar-refractivity contribution in [2.24, 2.45) is 0 Å². The highest BCUT2D eigenvalue weighted by Crippen LogP contribution is 2.34. The predicted molar refractivity (Wildman–Crippen MR) is 78.3 cm³/mol. The minimum absolute atomic E-state index is 0.0529. The molecule has 0 fully saturated rings. The van der Waals surface area contributed by atoms with Gasteiger partial charge in [0, 0.05) is 16.2 Å². The van der Waals surface area contributed by atoms with Gasteiger partial charge in [-0.15, -0.1) is 0 Å². The molecule has 1 aromatic carbocycles. The third kappa shape index (κ3) is 3.92. The zero-order chi connectivity index (χ0) is 13.4. The van der Waals surface area contributed by atoms with Crippen LogP contribution in [0.3, 0.4) is 0 Å². The number of nitrogens with one attached hydrogen (secondary N) is 1. The monoisotopic (exact) mass is 253 g/mol. The maximum Gasteiger partial charge on any atom is 0.0464 e. The number of hydrogen-bond donors (Lipinski definition) is 1. The van der Waals surface area contributed by atoms with Crippen molar-refractivity contribution < 1.29 is 0 Å². The summed E-state index contributed by atoms with van der Waals surface area (Å²) in [5.41, 5.74) is 3.71. The Balaban J connectivity index is 3.19. The molecule has 0 heterocycles. The van der Waals surface area contributed by atoms with E-state index in [1.54, 1.807) is 0 Å². The van der Waals surface area contributed by atoms with Crippen LogP contribution in [0, 0.1) is 6.92 Å². The van der Waals surface area contributed by atoms with Crippen LogP contribution in [0.5, 0.6) is 0 Å². The Hall–Kier alpha value is -0.690. The Bertz CT molecular complexity index is 408. The lowest BCUT2D eigenvalue weighted by Gasteiger charge is -2.27. The fourth-order valence-corrected chi connectivity index (χ4v) is 2.24. The first-order valence-corrected chi connectivity index (χ1v) is 6.47. The molecule has 0 saturated carbocycles. The normalized spacial score (nSPS) is 12.7. The lowest BCUT2D eigenvalue weighted by Crippen LogP contribution is -2.26. The summed E-state index contributed by atoms with van der Waals surface area (Å²) in [6.07, 6.45) is 0. The summed E-state index contributed by atoms with van der Waals surface area (Å²) < 4.78 is 0. The maximum atomic E-state index is 6.37. The van der Waals surface area contributed by atoms with Gasteiger partial charge in [0.25, 0.3) is 0 Å². The molecule has 17 heavy (non-hydrogen) atoms. The van der Waals surface area contributed by atoms with Crippen molar-refractivity contribution in [3.8, 4) is 0 Å². The third-order valence-electron chi connectivity index (χ3n) is 2.63. The van der Waals surface area contributed by atoms with Crippen molar-refractivity contribution in [2.75, 3.05) is 5.32 Å². The van der Waals surface area contributed by atoms with Gasteiger partial charge < -0.3 is 5.32 Å². The van der Waals surface area contributed by atoms with Gasteiger partial charge in [-0.05, 0) is 50.3 Å². The zero-order valence-electron chi connectivity index (χ0n) is 12.0. The first-order chi connectivity index (χ1) is 7.50. The molecule has 1 rings (SSSR count). The van der Waals surface area contributed by atoms with E-state index in [0.29, 0.717) is 0 Å². The number of benzene rings is 1. The van der Waals surface area contributed by atoms with E-state index in [0.717, 1.165) is 10.7 Å². The predicted octanol–water partition coefficient (Wildman–Crippen LogP) is 5.16. The van der Waals surface area contributed by atoms with E-state index in [9.17, 15) is 0 Å². The van der Waals surface area contributed by atoms with Gasteiger partial charge in [-0.2, -0.15) is 0 Å². The lowest BCUT2D eigenvalue weighted by molar-refractivity contribution is 0.589. The first kappa shape index (κ1) is 14.4. The quantitative estimate of drug-likeness (QED) is 0.729. The van der Waals surface area contributed by atoms with E-state index < -0.39 is 0 Å². The molecule has 1 aromatic rings. The highest BCUT2D eigenvalue weighted by atomic mass is 35.5. The van der Waals surface area contributed by atoms with Gasteiger partial charge in [-0.3, -0.25) is 0 Å². The van der Waals surface area contributed by atoms with E-state index >= 15 is 0 Å². The Kier molecular flexibility index (Phi) is 3.83. The van der Waals surface area contributed by atoms with Crippen molar-refractivity contribution in [1.82, 2.24) is 0 Å². The minimum atomic E-state index is 0.0529. The summed E-state index contributed by atoms with van der Waals surface area (Å²) in [5, 5.41) is 4.33. The van der Waals surface area contributed by atoms with Crippen LogP contribution in [0.1, 0.15) is 52.7 Å². The number of anilines is 1. The Morgan fingerprint density at radius 1 is 1.00 bits per heavy atom. The SMILES string of the molecule is Cc1cc(C(C)(C)C)c(Cl)cc1NC(C)(C)C. The standard InChI is InChI=1S/C15H24ClN/c1-10-8-11(14(2,3)4)12(16)9-13(10)17-15(5,6)7/h8-9,17H,1-7H3. The van der Waals surface area contributed by atoms with Crippen LogP contribution >= 0.6 is 11.6 Å². The number of rotatable bonds is 1. The molecule has 0 radical (unpaired) electrons. The molecule has 0 unspecified atom stereocenters. The van der Waals surface area contributed by atoms with Crippen LogP contribution in [0.4, 0.5) is 5.69 Å². The molecule has 0 aliphatic carbocycles. The first-order valence-electron chi connectivity index (χ1n) is 6.09. The van der Waals surface area contributed by atoms with Crippen molar-refractivity contribution >= 4 is 17.3 Å². The van der Waals surface area contributed by atoms with Crippen molar-refractivity contribution in [3.63, 3.8) is 0 Å². The molecule has 0 saturated heterocycles. The zero-order valence-corrected chi connectivity index (χ0v) is 12.8. The number of halogens is 1. The molecule has 0 aromatic heterocycles. The summed E-state index contributed by atoms with van der Waals surface area (Å²) in [7, 11) is 0. The summed E-state index contributed by atoms with van der Waals surface area (Å²) in [5.74, 6) is 0. The van der Waals surface area contributed by atoms with Crippen LogP contribution in [0.15, 0.2) is 12.1 Å². The van der Waals surface area contributed by atoms with Crippen LogP contribution in [-0.4, -0.2) is 5.54 Å². The molecular weight excluding hydrogens is 230 g/mol. The Morgan fingerprint density at radius 3 is 1.94 bits per heavy atom. The van der Waals surface area contributed by atoms with Crippen LogP contribution < -0.4 is 5.32 Å². The number of aryl methyl sites for hydroxylation is 1. The average molecular weight is 254 g/mol. The summed E-state index contributed by atoms with van der Waals surface area (Å²) in [4.78, 5) is 0. The van der Waals surface area contributed by atoms with Crippen LogP contribution in [0.25, 0.3) is 0 Å². The van der Waals surface area contributed by atoms with E-state index in [4.69, 9.17) is 11.6 Å². The molecule has 96 valence electrons. The van der Waals surface area contributed by atoms with E-state index in [-0.39, 0.29) is 11.0 Å². The molecule has 0 aliphatic heterocycles. The summed E-state index contributed by atoms with van der Waals surface area (Å²) >= 11 is 6.37. The van der Waals surface area contributed by atoms with Crippen molar-refractivity contribution in [2.45, 2.75) is 59.4 Å².